The van der Waals surface area contributed by atoms with Crippen molar-refractivity contribution in [2.24, 2.45) is 5.92 Å². The van der Waals surface area contributed by atoms with Crippen LogP contribution in [0.25, 0.3) is 0 Å². The molecule has 2 atom stereocenters. The average molecular weight is 458 g/mol. The predicted octanol–water partition coefficient (Wildman–Crippen LogP) is 5.11. The lowest BCUT2D eigenvalue weighted by molar-refractivity contribution is -0.129. The van der Waals surface area contributed by atoms with Gasteiger partial charge in [-0.15, -0.1) is 0 Å². The second-order valence-electron chi connectivity index (χ2n) is 9.24. The SMILES string of the molecule is O=C(N[C@@H]1CCc2c(ccc(OCc3ccccc3)c2OCc2ccccc2)[C@H]1O)C1CCC1. The number of hydrogen-bond acceptors (Lipinski definition) is 4. The Bertz CT molecular complexity index is 1110. The Balaban J connectivity index is 1.38. The molecule has 0 aromatic heterocycles. The van der Waals surface area contributed by atoms with Gasteiger partial charge in [-0.3, -0.25) is 4.79 Å². The van der Waals surface area contributed by atoms with Crippen molar-refractivity contribution in [3.8, 4) is 11.5 Å². The summed E-state index contributed by atoms with van der Waals surface area (Å²) in [5.41, 5.74) is 3.91. The topological polar surface area (TPSA) is 67.8 Å². The normalized spacial score (nSPS) is 19.6. The van der Waals surface area contributed by atoms with E-state index in [1.165, 1.54) is 0 Å². The molecule has 5 rings (SSSR count). The second kappa shape index (κ2) is 10.3. The van der Waals surface area contributed by atoms with E-state index in [0.29, 0.717) is 37.6 Å². The smallest absolute Gasteiger partial charge is 0.223 e. The fourth-order valence-electron chi connectivity index (χ4n) is 4.69. The molecule has 0 bridgehead atoms. The number of carbonyl (C=O) groups is 1. The third kappa shape index (κ3) is 4.95. The van der Waals surface area contributed by atoms with Crippen molar-refractivity contribution in [1.82, 2.24) is 5.32 Å². The first-order valence-electron chi connectivity index (χ1n) is 12.2. The predicted molar refractivity (Wildman–Crippen MR) is 131 cm³/mol. The van der Waals surface area contributed by atoms with Gasteiger partial charge in [0.15, 0.2) is 11.5 Å². The van der Waals surface area contributed by atoms with Crippen molar-refractivity contribution in [2.75, 3.05) is 0 Å². The summed E-state index contributed by atoms with van der Waals surface area (Å²) >= 11 is 0. The number of hydrogen-bond donors (Lipinski definition) is 2. The fraction of sp³-hybridized carbons (Fsp3) is 0.345. The first-order valence-corrected chi connectivity index (χ1v) is 12.2. The van der Waals surface area contributed by atoms with Gasteiger partial charge in [0.25, 0.3) is 0 Å². The van der Waals surface area contributed by atoms with E-state index in [0.717, 1.165) is 41.5 Å². The number of aliphatic hydroxyl groups excluding tert-OH is 1. The van der Waals surface area contributed by atoms with Crippen LogP contribution in [0, 0.1) is 5.92 Å². The highest BCUT2D eigenvalue weighted by Gasteiger charge is 2.34. The van der Waals surface area contributed by atoms with Crippen molar-refractivity contribution >= 4 is 5.91 Å². The number of aliphatic hydroxyl groups is 1. The molecule has 2 aliphatic carbocycles. The second-order valence-corrected chi connectivity index (χ2v) is 9.24. The molecule has 0 saturated heterocycles. The quantitative estimate of drug-likeness (QED) is 0.493. The largest absolute Gasteiger partial charge is 0.485 e. The number of ether oxygens (including phenoxy) is 2. The van der Waals surface area contributed by atoms with Crippen LogP contribution >= 0.6 is 0 Å². The first kappa shape index (κ1) is 22.5. The van der Waals surface area contributed by atoms with Gasteiger partial charge in [-0.05, 0) is 48.4 Å². The fourth-order valence-corrected chi connectivity index (χ4v) is 4.69. The van der Waals surface area contributed by atoms with Crippen LogP contribution in [0.1, 0.15) is 54.0 Å². The van der Waals surface area contributed by atoms with Gasteiger partial charge in [0.1, 0.15) is 13.2 Å². The van der Waals surface area contributed by atoms with Crippen LogP contribution in [0.3, 0.4) is 0 Å². The summed E-state index contributed by atoms with van der Waals surface area (Å²) in [6.07, 6.45) is 3.61. The van der Waals surface area contributed by atoms with Gasteiger partial charge in [-0.1, -0.05) is 73.2 Å². The van der Waals surface area contributed by atoms with Gasteiger partial charge in [0, 0.05) is 11.5 Å². The molecule has 1 fully saturated rings. The van der Waals surface area contributed by atoms with E-state index < -0.39 is 6.10 Å². The first-order chi connectivity index (χ1) is 16.7. The molecular weight excluding hydrogens is 426 g/mol. The van der Waals surface area contributed by atoms with Crippen LogP contribution in [0.2, 0.25) is 0 Å². The zero-order valence-electron chi connectivity index (χ0n) is 19.3. The van der Waals surface area contributed by atoms with Crippen molar-refractivity contribution in [3.63, 3.8) is 0 Å². The number of fused-ring (bicyclic) bond motifs is 1. The van der Waals surface area contributed by atoms with Crippen LogP contribution in [0.5, 0.6) is 11.5 Å². The third-order valence-corrected chi connectivity index (χ3v) is 6.93. The number of amides is 1. The number of nitrogens with one attached hydrogen (secondary N) is 1. The maximum absolute atomic E-state index is 12.5. The molecule has 0 radical (unpaired) electrons. The zero-order valence-corrected chi connectivity index (χ0v) is 19.3. The van der Waals surface area contributed by atoms with Crippen LogP contribution in [0.15, 0.2) is 72.8 Å². The molecule has 2 N–H and O–H groups in total. The molecule has 5 nitrogen and oxygen atoms in total. The minimum atomic E-state index is -0.768. The summed E-state index contributed by atoms with van der Waals surface area (Å²) in [6.45, 7) is 0.848. The molecule has 0 heterocycles. The lowest BCUT2D eigenvalue weighted by Crippen LogP contribution is -2.45. The summed E-state index contributed by atoms with van der Waals surface area (Å²) in [6, 6.07) is 23.6. The maximum atomic E-state index is 12.5. The van der Waals surface area contributed by atoms with Crippen LogP contribution < -0.4 is 14.8 Å². The minimum absolute atomic E-state index is 0.0714. The highest BCUT2D eigenvalue weighted by Crippen LogP contribution is 2.42. The van der Waals surface area contributed by atoms with Gasteiger partial charge >= 0.3 is 0 Å². The highest BCUT2D eigenvalue weighted by molar-refractivity contribution is 5.79. The van der Waals surface area contributed by atoms with E-state index in [9.17, 15) is 9.90 Å². The van der Waals surface area contributed by atoms with E-state index in [-0.39, 0.29) is 17.9 Å². The zero-order chi connectivity index (χ0) is 23.3. The van der Waals surface area contributed by atoms with E-state index in [1.54, 1.807) is 0 Å². The molecule has 5 heteroatoms. The lowest BCUT2D eigenvalue weighted by Gasteiger charge is -2.34. The van der Waals surface area contributed by atoms with Crippen molar-refractivity contribution in [1.29, 1.82) is 0 Å². The Hall–Kier alpha value is -3.31. The van der Waals surface area contributed by atoms with Crippen LogP contribution in [0.4, 0.5) is 0 Å². The molecule has 0 spiro atoms. The summed E-state index contributed by atoms with van der Waals surface area (Å²) in [5.74, 6) is 1.53. The summed E-state index contributed by atoms with van der Waals surface area (Å²) in [5, 5.41) is 14.2. The van der Waals surface area contributed by atoms with Gasteiger partial charge in [-0.2, -0.15) is 0 Å². The number of carbonyl (C=O) groups excluding carboxylic acids is 1. The summed E-state index contributed by atoms with van der Waals surface area (Å²) in [4.78, 5) is 12.5. The summed E-state index contributed by atoms with van der Waals surface area (Å²) in [7, 11) is 0. The molecule has 1 amide bonds. The van der Waals surface area contributed by atoms with Gasteiger partial charge in [-0.25, -0.2) is 0 Å². The van der Waals surface area contributed by atoms with E-state index in [2.05, 4.69) is 5.32 Å². The van der Waals surface area contributed by atoms with Crippen molar-refractivity contribution in [2.45, 2.75) is 57.5 Å². The Labute approximate surface area is 200 Å². The lowest BCUT2D eigenvalue weighted by atomic mass is 9.82. The molecular formula is C29H31NO4. The Morgan fingerprint density at radius 1 is 0.853 bits per heavy atom. The maximum Gasteiger partial charge on any atom is 0.223 e. The molecule has 2 aliphatic rings. The molecule has 3 aromatic rings. The molecule has 0 unspecified atom stereocenters. The van der Waals surface area contributed by atoms with Gasteiger partial charge in [0.05, 0.1) is 12.1 Å². The highest BCUT2D eigenvalue weighted by atomic mass is 16.5. The standard InChI is InChI=1S/C29H31NO4/c31-27-23-15-17-26(33-18-20-8-3-1-4-9-20)28(34-19-21-10-5-2-6-11-21)24(23)14-16-25(27)30-29(32)22-12-7-13-22/h1-6,8-11,15,17,22,25,27,31H,7,12-14,16,18-19H2,(H,30,32)/t25-,27-/m1/s1. The molecule has 3 aromatic carbocycles. The van der Waals surface area contributed by atoms with Crippen molar-refractivity contribution in [3.05, 3.63) is 95.1 Å². The minimum Gasteiger partial charge on any atom is -0.485 e. The Kier molecular flexibility index (Phi) is 6.82. The van der Waals surface area contributed by atoms with Gasteiger partial charge < -0.3 is 19.9 Å². The number of benzene rings is 3. The average Bonchev–Trinajstić information content (AvgIpc) is 2.83. The number of rotatable bonds is 8. The third-order valence-electron chi connectivity index (χ3n) is 6.93. The molecule has 1 saturated carbocycles. The Morgan fingerprint density at radius 2 is 1.50 bits per heavy atom. The van der Waals surface area contributed by atoms with Crippen LogP contribution in [-0.4, -0.2) is 17.1 Å². The van der Waals surface area contributed by atoms with Gasteiger partial charge in [0.2, 0.25) is 5.91 Å². The van der Waals surface area contributed by atoms with E-state index >= 15 is 0 Å². The van der Waals surface area contributed by atoms with Crippen molar-refractivity contribution < 1.29 is 19.4 Å². The summed E-state index contributed by atoms with van der Waals surface area (Å²) < 4.78 is 12.5. The monoisotopic (exact) mass is 457 g/mol. The van der Waals surface area contributed by atoms with Crippen LogP contribution in [-0.2, 0) is 24.4 Å². The molecule has 176 valence electrons. The molecule has 34 heavy (non-hydrogen) atoms. The Morgan fingerprint density at radius 3 is 2.12 bits per heavy atom. The van der Waals surface area contributed by atoms with E-state index in [4.69, 9.17) is 9.47 Å². The van der Waals surface area contributed by atoms with E-state index in [1.807, 2.05) is 72.8 Å². The molecule has 0 aliphatic heterocycles.